The van der Waals surface area contributed by atoms with E-state index in [2.05, 4.69) is 5.32 Å². The zero-order valence-corrected chi connectivity index (χ0v) is 17.5. The van der Waals surface area contributed by atoms with E-state index in [1.165, 1.54) is 13.8 Å². The topological polar surface area (TPSA) is 153 Å². The zero-order chi connectivity index (χ0) is 22.8. The Balaban J connectivity index is 3.17. The fourth-order valence-electron chi connectivity index (χ4n) is 2.73. The van der Waals surface area contributed by atoms with Crippen molar-refractivity contribution in [1.29, 1.82) is 0 Å². The van der Waals surface area contributed by atoms with Crippen LogP contribution in [0.15, 0.2) is 0 Å². The van der Waals surface area contributed by atoms with Crippen molar-refractivity contribution < 1.29 is 52.4 Å². The van der Waals surface area contributed by atoms with Gasteiger partial charge in [-0.05, 0) is 0 Å². The van der Waals surface area contributed by atoms with Crippen LogP contribution in [-0.4, -0.2) is 80.2 Å². The minimum absolute atomic E-state index is 0.0344. The summed E-state index contributed by atoms with van der Waals surface area (Å²) in [6.07, 6.45) is -6.18. The van der Waals surface area contributed by atoms with Gasteiger partial charge in [-0.15, -0.1) is 0 Å². The van der Waals surface area contributed by atoms with Gasteiger partial charge in [-0.2, -0.15) is 0 Å². The van der Waals surface area contributed by atoms with E-state index in [9.17, 15) is 24.0 Å². The molecule has 12 nitrogen and oxygen atoms in total. The lowest BCUT2D eigenvalue weighted by atomic mass is 9.98. The van der Waals surface area contributed by atoms with E-state index in [0.29, 0.717) is 0 Å². The van der Waals surface area contributed by atoms with Gasteiger partial charge in [-0.25, -0.2) is 0 Å². The number of amides is 1. The molecule has 0 spiro atoms. The van der Waals surface area contributed by atoms with Gasteiger partial charge in [0.1, 0.15) is 12.7 Å². The molecule has 1 N–H and O–H groups in total. The molecule has 0 aromatic rings. The van der Waals surface area contributed by atoms with Gasteiger partial charge >= 0.3 is 23.9 Å². The summed E-state index contributed by atoms with van der Waals surface area (Å²) >= 11 is 0. The predicted octanol–water partition coefficient (Wildman–Crippen LogP) is -0.778. The molecule has 0 bridgehead atoms. The maximum Gasteiger partial charge on any atom is 0.303 e. The van der Waals surface area contributed by atoms with Gasteiger partial charge in [0.2, 0.25) is 5.91 Å². The lowest BCUT2D eigenvalue weighted by Gasteiger charge is -2.44. The maximum absolute atomic E-state index is 11.7. The average Bonchev–Trinajstić information content (AvgIpc) is 2.60. The Morgan fingerprint density at radius 1 is 0.767 bits per heavy atom. The SMILES string of the molecule is CC(=O)NCCO[C@@H]1OC(COC(C)=O)[C@H](OC(C)=O)[C@H](OC(C)=O)C1OC(C)=O. The first kappa shape index (κ1) is 25.3. The molecule has 1 aliphatic rings. The normalized spacial score (nSPS) is 25.6. The number of hydrogen-bond donors (Lipinski definition) is 1. The third-order valence-electron chi connectivity index (χ3n) is 3.71. The summed E-state index contributed by atoms with van der Waals surface area (Å²) in [5, 5.41) is 2.52. The molecule has 0 aliphatic carbocycles. The highest BCUT2D eigenvalue weighted by Gasteiger charge is 2.52. The van der Waals surface area contributed by atoms with Crippen LogP contribution in [0.1, 0.15) is 34.6 Å². The Bertz CT molecular complexity index is 650. The van der Waals surface area contributed by atoms with E-state index in [4.69, 9.17) is 28.4 Å². The Labute approximate surface area is 173 Å². The second-order valence-corrected chi connectivity index (χ2v) is 6.42. The van der Waals surface area contributed by atoms with Crippen LogP contribution in [0.2, 0.25) is 0 Å². The molecule has 12 heteroatoms. The van der Waals surface area contributed by atoms with Gasteiger partial charge in [0, 0.05) is 41.2 Å². The summed E-state index contributed by atoms with van der Waals surface area (Å²) in [7, 11) is 0. The molecule has 1 rings (SSSR count). The minimum Gasteiger partial charge on any atom is -0.463 e. The van der Waals surface area contributed by atoms with Crippen molar-refractivity contribution in [2.45, 2.75) is 65.3 Å². The Morgan fingerprint density at radius 2 is 1.30 bits per heavy atom. The van der Waals surface area contributed by atoms with Crippen LogP contribution in [0.25, 0.3) is 0 Å². The Kier molecular flexibility index (Phi) is 10.2. The van der Waals surface area contributed by atoms with Gasteiger partial charge in [-0.1, -0.05) is 0 Å². The molecule has 1 fully saturated rings. The summed E-state index contributed by atoms with van der Waals surface area (Å²) in [5.74, 6) is -3.08. The summed E-state index contributed by atoms with van der Waals surface area (Å²) < 4.78 is 32.0. The van der Waals surface area contributed by atoms with Crippen molar-refractivity contribution in [2.75, 3.05) is 19.8 Å². The smallest absolute Gasteiger partial charge is 0.303 e. The summed E-state index contributed by atoms with van der Waals surface area (Å²) in [6, 6.07) is 0. The molecule has 0 aromatic carbocycles. The number of rotatable bonds is 9. The van der Waals surface area contributed by atoms with Crippen molar-refractivity contribution in [3.63, 3.8) is 0 Å². The lowest BCUT2D eigenvalue weighted by Crippen LogP contribution is -2.63. The van der Waals surface area contributed by atoms with Crippen LogP contribution in [0.3, 0.4) is 0 Å². The fourth-order valence-corrected chi connectivity index (χ4v) is 2.73. The first-order chi connectivity index (χ1) is 14.0. The van der Waals surface area contributed by atoms with Crippen LogP contribution in [0.4, 0.5) is 0 Å². The van der Waals surface area contributed by atoms with E-state index in [0.717, 1.165) is 20.8 Å². The van der Waals surface area contributed by atoms with Crippen molar-refractivity contribution in [3.8, 4) is 0 Å². The van der Waals surface area contributed by atoms with Crippen molar-refractivity contribution >= 4 is 29.8 Å². The van der Waals surface area contributed by atoms with E-state index in [1.54, 1.807) is 0 Å². The Hall–Kier alpha value is -2.73. The highest BCUT2D eigenvalue weighted by Crippen LogP contribution is 2.29. The monoisotopic (exact) mass is 433 g/mol. The second-order valence-electron chi connectivity index (χ2n) is 6.42. The molecule has 0 saturated carbocycles. The molecule has 0 aromatic heterocycles. The molecular weight excluding hydrogens is 406 g/mol. The van der Waals surface area contributed by atoms with Crippen LogP contribution in [-0.2, 0) is 52.4 Å². The first-order valence-electron chi connectivity index (χ1n) is 9.17. The van der Waals surface area contributed by atoms with Crippen LogP contribution in [0, 0.1) is 0 Å². The van der Waals surface area contributed by atoms with E-state index < -0.39 is 54.6 Å². The largest absolute Gasteiger partial charge is 0.463 e. The molecule has 170 valence electrons. The van der Waals surface area contributed by atoms with Gasteiger partial charge in [-0.3, -0.25) is 24.0 Å². The number of ether oxygens (including phenoxy) is 6. The van der Waals surface area contributed by atoms with Crippen molar-refractivity contribution in [3.05, 3.63) is 0 Å². The number of nitrogens with one attached hydrogen (secondary N) is 1. The summed E-state index contributed by atoms with van der Waals surface area (Å²) in [4.78, 5) is 57.1. The van der Waals surface area contributed by atoms with E-state index in [1.807, 2.05) is 0 Å². The van der Waals surface area contributed by atoms with Gasteiger partial charge in [0.15, 0.2) is 24.6 Å². The minimum atomic E-state index is -1.30. The maximum atomic E-state index is 11.7. The van der Waals surface area contributed by atoms with Gasteiger partial charge in [0.05, 0.1) is 6.61 Å². The molecule has 1 saturated heterocycles. The standard InChI is InChI=1S/C18H27NO11/c1-9(20)19-6-7-25-18-17(29-13(5)24)16(28-12(4)23)15(27-11(3)22)14(30-18)8-26-10(2)21/h14-18H,6-8H2,1-5H3,(H,19,20)/t14?,15-,16-,17?,18+/m0/s1. The van der Waals surface area contributed by atoms with E-state index >= 15 is 0 Å². The number of carbonyl (C=O) groups excluding carboxylic acids is 5. The van der Waals surface area contributed by atoms with Crippen LogP contribution >= 0.6 is 0 Å². The molecule has 30 heavy (non-hydrogen) atoms. The predicted molar refractivity (Wildman–Crippen MR) is 96.6 cm³/mol. The van der Waals surface area contributed by atoms with E-state index in [-0.39, 0.29) is 25.7 Å². The highest BCUT2D eigenvalue weighted by molar-refractivity contribution is 5.72. The van der Waals surface area contributed by atoms with Crippen LogP contribution < -0.4 is 5.32 Å². The first-order valence-corrected chi connectivity index (χ1v) is 9.17. The average molecular weight is 433 g/mol. The number of carbonyl (C=O) groups is 5. The summed E-state index contributed by atoms with van der Waals surface area (Å²) in [6.45, 7) is 5.64. The molecule has 1 amide bonds. The van der Waals surface area contributed by atoms with Crippen molar-refractivity contribution in [1.82, 2.24) is 5.32 Å². The fraction of sp³-hybridized carbons (Fsp3) is 0.722. The third kappa shape index (κ3) is 8.74. The van der Waals surface area contributed by atoms with Crippen LogP contribution in [0.5, 0.6) is 0 Å². The molecule has 1 aliphatic heterocycles. The molecule has 5 atom stereocenters. The molecular formula is C18H27NO11. The zero-order valence-electron chi connectivity index (χ0n) is 17.5. The molecule has 2 unspecified atom stereocenters. The number of hydrogen-bond acceptors (Lipinski definition) is 11. The summed E-state index contributed by atoms with van der Waals surface area (Å²) in [5.41, 5.74) is 0. The highest BCUT2D eigenvalue weighted by atomic mass is 16.7. The van der Waals surface area contributed by atoms with Gasteiger partial charge < -0.3 is 33.7 Å². The third-order valence-corrected chi connectivity index (χ3v) is 3.71. The number of esters is 4. The quantitative estimate of drug-likeness (QED) is 0.277. The Morgan fingerprint density at radius 3 is 1.80 bits per heavy atom. The lowest BCUT2D eigenvalue weighted by molar-refractivity contribution is -0.307. The van der Waals surface area contributed by atoms with Crippen molar-refractivity contribution in [2.24, 2.45) is 0 Å². The second kappa shape index (κ2) is 12.1. The molecule has 1 heterocycles. The van der Waals surface area contributed by atoms with Gasteiger partial charge in [0.25, 0.3) is 0 Å². The molecule has 0 radical (unpaired) electrons.